The van der Waals surface area contributed by atoms with Crippen molar-refractivity contribution in [2.24, 2.45) is 17.8 Å². The molecular weight excluding hydrogens is 202 g/mol. The van der Waals surface area contributed by atoms with Crippen LogP contribution in [0.4, 0.5) is 0 Å². The molecule has 3 heteroatoms. The van der Waals surface area contributed by atoms with Crippen LogP contribution < -0.4 is 5.32 Å². The standard InChI is InChI=1S/C13H25NO2/c1-9(2)8-12(13(16)10(3)4)6-7-14-11(5)15/h9-10,12H,6-8H2,1-5H3,(H,14,15). The zero-order chi connectivity index (χ0) is 12.7. The van der Waals surface area contributed by atoms with Crippen molar-refractivity contribution in [3.8, 4) is 0 Å². The van der Waals surface area contributed by atoms with Gasteiger partial charge in [-0.05, 0) is 18.8 Å². The molecule has 1 unspecified atom stereocenters. The third kappa shape index (κ3) is 6.59. The Morgan fingerprint density at radius 1 is 1.12 bits per heavy atom. The number of ketones is 1. The second-order valence-corrected chi connectivity index (χ2v) is 5.16. The summed E-state index contributed by atoms with van der Waals surface area (Å²) < 4.78 is 0. The molecule has 1 atom stereocenters. The van der Waals surface area contributed by atoms with E-state index in [0.717, 1.165) is 12.8 Å². The van der Waals surface area contributed by atoms with Crippen LogP contribution in [0.25, 0.3) is 0 Å². The fraction of sp³-hybridized carbons (Fsp3) is 0.846. The van der Waals surface area contributed by atoms with Crippen LogP contribution in [0.3, 0.4) is 0 Å². The highest BCUT2D eigenvalue weighted by molar-refractivity contribution is 5.82. The van der Waals surface area contributed by atoms with Gasteiger partial charge in [-0.1, -0.05) is 27.7 Å². The van der Waals surface area contributed by atoms with Crippen LogP contribution in [0.15, 0.2) is 0 Å². The van der Waals surface area contributed by atoms with Gasteiger partial charge >= 0.3 is 0 Å². The number of Topliss-reactive ketones (excluding diaryl/α,β-unsaturated/α-hetero) is 1. The molecule has 1 amide bonds. The summed E-state index contributed by atoms with van der Waals surface area (Å²) in [5.74, 6) is 0.984. The van der Waals surface area contributed by atoms with Gasteiger partial charge in [0.1, 0.15) is 5.78 Å². The first-order valence-corrected chi connectivity index (χ1v) is 6.12. The fourth-order valence-corrected chi connectivity index (χ4v) is 1.84. The lowest BCUT2D eigenvalue weighted by atomic mass is 9.86. The van der Waals surface area contributed by atoms with Gasteiger partial charge in [0.2, 0.25) is 5.91 Å². The Morgan fingerprint density at radius 3 is 2.06 bits per heavy atom. The number of amides is 1. The van der Waals surface area contributed by atoms with Crippen molar-refractivity contribution >= 4 is 11.7 Å². The summed E-state index contributed by atoms with van der Waals surface area (Å²) >= 11 is 0. The molecular formula is C13H25NO2. The van der Waals surface area contributed by atoms with E-state index in [1.165, 1.54) is 6.92 Å². The normalized spacial score (nSPS) is 12.9. The smallest absolute Gasteiger partial charge is 0.216 e. The fourth-order valence-electron chi connectivity index (χ4n) is 1.84. The third-order valence-corrected chi connectivity index (χ3v) is 2.59. The number of hydrogen-bond acceptors (Lipinski definition) is 2. The van der Waals surface area contributed by atoms with Crippen LogP contribution in [0, 0.1) is 17.8 Å². The van der Waals surface area contributed by atoms with E-state index >= 15 is 0 Å². The lowest BCUT2D eigenvalue weighted by Crippen LogP contribution is -2.28. The van der Waals surface area contributed by atoms with E-state index in [0.29, 0.717) is 18.2 Å². The van der Waals surface area contributed by atoms with Gasteiger partial charge in [-0.25, -0.2) is 0 Å². The van der Waals surface area contributed by atoms with Gasteiger partial charge in [0.25, 0.3) is 0 Å². The SMILES string of the molecule is CC(=O)NCCC(CC(C)C)C(=O)C(C)C. The molecule has 0 aromatic heterocycles. The molecule has 0 saturated heterocycles. The molecule has 1 N–H and O–H groups in total. The van der Waals surface area contributed by atoms with Gasteiger partial charge in [0, 0.05) is 25.3 Å². The van der Waals surface area contributed by atoms with E-state index in [2.05, 4.69) is 19.2 Å². The molecule has 3 nitrogen and oxygen atoms in total. The maximum Gasteiger partial charge on any atom is 0.216 e. The number of carbonyl (C=O) groups excluding carboxylic acids is 2. The van der Waals surface area contributed by atoms with Gasteiger partial charge in [-0.3, -0.25) is 9.59 Å². The maximum absolute atomic E-state index is 11.9. The Balaban J connectivity index is 4.20. The Kier molecular flexibility index (Phi) is 7.02. The van der Waals surface area contributed by atoms with Crippen molar-refractivity contribution < 1.29 is 9.59 Å². The van der Waals surface area contributed by atoms with Gasteiger partial charge in [-0.2, -0.15) is 0 Å². The predicted molar refractivity (Wildman–Crippen MR) is 66.1 cm³/mol. The number of nitrogens with one attached hydrogen (secondary N) is 1. The molecule has 0 saturated carbocycles. The number of carbonyl (C=O) groups is 2. The molecule has 0 aromatic carbocycles. The summed E-state index contributed by atoms with van der Waals surface area (Å²) in [5, 5.41) is 2.75. The van der Waals surface area contributed by atoms with E-state index in [9.17, 15) is 9.59 Å². The Hall–Kier alpha value is -0.860. The summed E-state index contributed by atoms with van der Waals surface area (Å²) in [6.45, 7) is 10.2. The van der Waals surface area contributed by atoms with E-state index < -0.39 is 0 Å². The second kappa shape index (κ2) is 7.42. The van der Waals surface area contributed by atoms with Gasteiger partial charge in [0.15, 0.2) is 0 Å². The highest BCUT2D eigenvalue weighted by atomic mass is 16.1. The molecule has 0 bridgehead atoms. The van der Waals surface area contributed by atoms with Crippen LogP contribution in [0.2, 0.25) is 0 Å². The average molecular weight is 227 g/mol. The molecule has 0 rings (SSSR count). The molecule has 0 heterocycles. The maximum atomic E-state index is 11.9. The minimum Gasteiger partial charge on any atom is -0.356 e. The molecule has 0 aliphatic rings. The second-order valence-electron chi connectivity index (χ2n) is 5.16. The summed E-state index contributed by atoms with van der Waals surface area (Å²) in [7, 11) is 0. The largest absolute Gasteiger partial charge is 0.356 e. The van der Waals surface area contributed by atoms with Crippen molar-refractivity contribution in [2.45, 2.75) is 47.5 Å². The first kappa shape index (κ1) is 15.1. The first-order chi connectivity index (χ1) is 7.34. The molecule has 0 spiro atoms. The molecule has 0 fully saturated rings. The van der Waals surface area contributed by atoms with E-state index in [-0.39, 0.29) is 17.7 Å². The van der Waals surface area contributed by atoms with Crippen LogP contribution in [-0.2, 0) is 9.59 Å². The molecule has 16 heavy (non-hydrogen) atoms. The Bertz CT molecular complexity index is 234. The summed E-state index contributed by atoms with van der Waals surface area (Å²) in [4.78, 5) is 22.7. The zero-order valence-corrected chi connectivity index (χ0v) is 11.2. The minimum atomic E-state index is -0.0275. The molecule has 94 valence electrons. The average Bonchev–Trinajstić information content (AvgIpc) is 2.13. The van der Waals surface area contributed by atoms with E-state index in [1.807, 2.05) is 13.8 Å². The Morgan fingerprint density at radius 2 is 1.69 bits per heavy atom. The van der Waals surface area contributed by atoms with Gasteiger partial charge < -0.3 is 5.32 Å². The lowest BCUT2D eigenvalue weighted by Gasteiger charge is -2.19. The monoisotopic (exact) mass is 227 g/mol. The van der Waals surface area contributed by atoms with Crippen LogP contribution >= 0.6 is 0 Å². The zero-order valence-electron chi connectivity index (χ0n) is 11.2. The van der Waals surface area contributed by atoms with E-state index in [1.54, 1.807) is 0 Å². The van der Waals surface area contributed by atoms with Crippen LogP contribution in [-0.4, -0.2) is 18.2 Å². The minimum absolute atomic E-state index is 0.0275. The Labute approximate surface area is 99.0 Å². The first-order valence-electron chi connectivity index (χ1n) is 6.12. The van der Waals surface area contributed by atoms with Gasteiger partial charge in [-0.15, -0.1) is 0 Å². The number of hydrogen-bond donors (Lipinski definition) is 1. The van der Waals surface area contributed by atoms with Gasteiger partial charge in [0.05, 0.1) is 0 Å². The summed E-state index contributed by atoms with van der Waals surface area (Å²) in [5.41, 5.74) is 0. The van der Waals surface area contributed by atoms with Crippen molar-refractivity contribution in [3.63, 3.8) is 0 Å². The summed E-state index contributed by atoms with van der Waals surface area (Å²) in [6.07, 6.45) is 1.67. The highest BCUT2D eigenvalue weighted by Gasteiger charge is 2.21. The molecule has 0 aliphatic carbocycles. The van der Waals surface area contributed by atoms with Crippen molar-refractivity contribution in [1.82, 2.24) is 5.32 Å². The molecule has 0 aliphatic heterocycles. The van der Waals surface area contributed by atoms with Crippen molar-refractivity contribution in [2.75, 3.05) is 6.54 Å². The lowest BCUT2D eigenvalue weighted by molar-refractivity contribution is -0.127. The quantitative estimate of drug-likeness (QED) is 0.726. The van der Waals surface area contributed by atoms with Crippen molar-refractivity contribution in [1.29, 1.82) is 0 Å². The third-order valence-electron chi connectivity index (χ3n) is 2.59. The highest BCUT2D eigenvalue weighted by Crippen LogP contribution is 2.19. The van der Waals surface area contributed by atoms with Crippen LogP contribution in [0.5, 0.6) is 0 Å². The number of rotatable bonds is 7. The molecule has 0 radical (unpaired) electrons. The van der Waals surface area contributed by atoms with Crippen molar-refractivity contribution in [3.05, 3.63) is 0 Å². The topological polar surface area (TPSA) is 46.2 Å². The van der Waals surface area contributed by atoms with Crippen LogP contribution in [0.1, 0.15) is 47.5 Å². The predicted octanol–water partition coefficient (Wildman–Crippen LogP) is 2.40. The molecule has 0 aromatic rings. The summed E-state index contributed by atoms with van der Waals surface area (Å²) in [6, 6.07) is 0. The van der Waals surface area contributed by atoms with E-state index in [4.69, 9.17) is 0 Å².